The highest BCUT2D eigenvalue weighted by atomic mass is 32.2. The molecule has 0 radical (unpaired) electrons. The van der Waals surface area contributed by atoms with Crippen molar-refractivity contribution >= 4 is 33.4 Å². The summed E-state index contributed by atoms with van der Waals surface area (Å²) < 4.78 is 26.1. The van der Waals surface area contributed by atoms with Crippen LogP contribution in [-0.2, 0) is 14.8 Å². The van der Waals surface area contributed by atoms with Gasteiger partial charge in [0, 0.05) is 23.9 Å². The van der Waals surface area contributed by atoms with E-state index in [0.29, 0.717) is 5.69 Å². The lowest BCUT2D eigenvalue weighted by Crippen LogP contribution is -2.43. The molecule has 1 fully saturated rings. The minimum atomic E-state index is -3.44. The van der Waals surface area contributed by atoms with Gasteiger partial charge in [0.15, 0.2) is 0 Å². The molecule has 1 aliphatic rings. The summed E-state index contributed by atoms with van der Waals surface area (Å²) in [6.45, 7) is 0.101. The highest BCUT2D eigenvalue weighted by molar-refractivity contribution is 7.99. The van der Waals surface area contributed by atoms with E-state index in [-0.39, 0.29) is 24.2 Å². The van der Waals surface area contributed by atoms with E-state index >= 15 is 0 Å². The number of carbonyl (C=O) groups is 1. The zero-order chi connectivity index (χ0) is 14.4. The quantitative estimate of drug-likeness (QED) is 0.698. The maximum atomic E-state index is 11.8. The molecule has 1 aromatic carbocycles. The molecule has 1 unspecified atom stereocenters. The third-order valence-corrected chi connectivity index (χ3v) is 4.98. The van der Waals surface area contributed by atoms with Crippen LogP contribution in [0.4, 0.5) is 5.69 Å². The van der Waals surface area contributed by atoms with Crippen molar-refractivity contribution in [3.8, 4) is 0 Å². The van der Waals surface area contributed by atoms with E-state index in [1.807, 2.05) is 6.07 Å². The zero-order valence-electron chi connectivity index (χ0n) is 10.8. The van der Waals surface area contributed by atoms with Gasteiger partial charge in [0.05, 0.1) is 11.8 Å². The summed E-state index contributed by atoms with van der Waals surface area (Å²) in [4.78, 5) is 11.7. The van der Waals surface area contributed by atoms with Crippen molar-refractivity contribution in [1.29, 1.82) is 0 Å². The molecule has 0 aliphatic carbocycles. The Morgan fingerprint density at radius 1 is 1.35 bits per heavy atom. The largest absolute Gasteiger partial charge is 0.354 e. The van der Waals surface area contributed by atoms with Crippen LogP contribution >= 0.6 is 11.8 Å². The molecule has 1 aliphatic heterocycles. The Bertz CT molecular complexity index is 542. The standard InChI is InChI=1S/C12H17N3O3S2/c16-12(11-8-19-9-14-11)13-6-7-20(17,18)15-10-4-2-1-3-5-10/h1-5,11,14-15H,6-9H2,(H,13,16). The molecule has 1 amide bonds. The molecule has 0 bridgehead atoms. The number of benzene rings is 1. The first-order valence-electron chi connectivity index (χ1n) is 6.21. The van der Waals surface area contributed by atoms with Gasteiger partial charge in [-0.2, -0.15) is 0 Å². The number of thioether (sulfide) groups is 1. The first-order chi connectivity index (χ1) is 9.57. The summed E-state index contributed by atoms with van der Waals surface area (Å²) in [6.07, 6.45) is 0. The van der Waals surface area contributed by atoms with Gasteiger partial charge in [0.1, 0.15) is 0 Å². The Labute approximate surface area is 122 Å². The van der Waals surface area contributed by atoms with Crippen LogP contribution in [0, 0.1) is 0 Å². The molecule has 1 saturated heterocycles. The van der Waals surface area contributed by atoms with Gasteiger partial charge in [0.25, 0.3) is 0 Å². The van der Waals surface area contributed by atoms with Crippen LogP contribution in [0.2, 0.25) is 0 Å². The fraction of sp³-hybridized carbons (Fsp3) is 0.417. The van der Waals surface area contributed by atoms with Crippen molar-refractivity contribution in [2.24, 2.45) is 0 Å². The number of nitrogens with one attached hydrogen (secondary N) is 3. The molecule has 0 spiro atoms. The number of para-hydroxylation sites is 1. The van der Waals surface area contributed by atoms with E-state index in [1.165, 1.54) is 0 Å². The van der Waals surface area contributed by atoms with E-state index in [0.717, 1.165) is 11.6 Å². The lowest BCUT2D eigenvalue weighted by atomic mass is 10.3. The Balaban J connectivity index is 1.76. The molecule has 0 aromatic heterocycles. The molecular weight excluding hydrogens is 298 g/mol. The van der Waals surface area contributed by atoms with Crippen LogP contribution < -0.4 is 15.4 Å². The van der Waals surface area contributed by atoms with Crippen molar-refractivity contribution in [3.63, 3.8) is 0 Å². The number of sulfonamides is 1. The summed E-state index contributed by atoms with van der Waals surface area (Å²) in [7, 11) is -3.44. The van der Waals surface area contributed by atoms with Crippen molar-refractivity contribution in [1.82, 2.24) is 10.6 Å². The predicted octanol–water partition coefficient (Wildman–Crippen LogP) is 0.207. The minimum absolute atomic E-state index is 0.101. The highest BCUT2D eigenvalue weighted by Gasteiger charge is 2.22. The zero-order valence-corrected chi connectivity index (χ0v) is 12.5. The van der Waals surface area contributed by atoms with Crippen LogP contribution in [-0.4, -0.2) is 44.3 Å². The van der Waals surface area contributed by atoms with Crippen molar-refractivity contribution in [2.45, 2.75) is 6.04 Å². The van der Waals surface area contributed by atoms with Gasteiger partial charge in [0.2, 0.25) is 15.9 Å². The molecule has 1 atom stereocenters. The summed E-state index contributed by atoms with van der Waals surface area (Å²) >= 11 is 1.65. The molecule has 0 saturated carbocycles. The number of rotatable bonds is 6. The molecule has 20 heavy (non-hydrogen) atoms. The minimum Gasteiger partial charge on any atom is -0.354 e. The van der Waals surface area contributed by atoms with Crippen LogP contribution in [0.1, 0.15) is 0 Å². The normalized spacial score (nSPS) is 18.7. The van der Waals surface area contributed by atoms with Gasteiger partial charge in [-0.25, -0.2) is 8.42 Å². The van der Waals surface area contributed by atoms with E-state index < -0.39 is 10.0 Å². The monoisotopic (exact) mass is 315 g/mol. The van der Waals surface area contributed by atoms with Gasteiger partial charge in [-0.1, -0.05) is 18.2 Å². The van der Waals surface area contributed by atoms with Crippen LogP contribution in [0.5, 0.6) is 0 Å². The van der Waals surface area contributed by atoms with Crippen LogP contribution in [0.25, 0.3) is 0 Å². The van der Waals surface area contributed by atoms with Gasteiger partial charge >= 0.3 is 0 Å². The third kappa shape index (κ3) is 4.69. The first-order valence-corrected chi connectivity index (χ1v) is 9.02. The molecule has 1 aromatic rings. The molecule has 1 heterocycles. The summed E-state index contributed by atoms with van der Waals surface area (Å²) in [5.74, 6) is 1.19. The van der Waals surface area contributed by atoms with Crippen LogP contribution in [0.3, 0.4) is 0 Å². The average Bonchev–Trinajstić information content (AvgIpc) is 2.93. The lowest BCUT2D eigenvalue weighted by Gasteiger charge is -2.11. The smallest absolute Gasteiger partial charge is 0.238 e. The Morgan fingerprint density at radius 3 is 2.75 bits per heavy atom. The second-order valence-electron chi connectivity index (χ2n) is 4.35. The molecule has 2 rings (SSSR count). The fourth-order valence-corrected chi connectivity index (χ4v) is 3.64. The SMILES string of the molecule is O=C(NCCS(=O)(=O)Nc1ccccc1)C1CSCN1. The summed E-state index contributed by atoms with van der Waals surface area (Å²) in [5, 5.41) is 5.66. The molecule has 8 heteroatoms. The summed E-state index contributed by atoms with van der Waals surface area (Å²) in [6, 6.07) is 8.45. The Morgan fingerprint density at radius 2 is 2.10 bits per heavy atom. The van der Waals surface area contributed by atoms with E-state index in [4.69, 9.17) is 0 Å². The number of anilines is 1. The van der Waals surface area contributed by atoms with Crippen molar-refractivity contribution < 1.29 is 13.2 Å². The Kier molecular flexibility index (Phi) is 5.27. The predicted molar refractivity (Wildman–Crippen MR) is 81.1 cm³/mol. The number of carbonyl (C=O) groups excluding carboxylic acids is 1. The second-order valence-corrected chi connectivity index (χ2v) is 7.22. The van der Waals surface area contributed by atoms with Gasteiger partial charge in [-0.15, -0.1) is 11.8 Å². The van der Waals surface area contributed by atoms with Crippen LogP contribution in [0.15, 0.2) is 30.3 Å². The molecular formula is C12H17N3O3S2. The first kappa shape index (κ1) is 15.1. The number of hydrogen-bond acceptors (Lipinski definition) is 5. The van der Waals surface area contributed by atoms with E-state index in [1.54, 1.807) is 36.0 Å². The Hall–Kier alpha value is -1.25. The maximum Gasteiger partial charge on any atom is 0.238 e. The topological polar surface area (TPSA) is 87.3 Å². The fourth-order valence-electron chi connectivity index (χ4n) is 1.73. The second kappa shape index (κ2) is 6.96. The van der Waals surface area contributed by atoms with E-state index in [9.17, 15) is 13.2 Å². The van der Waals surface area contributed by atoms with Gasteiger partial charge < -0.3 is 5.32 Å². The average molecular weight is 315 g/mol. The lowest BCUT2D eigenvalue weighted by molar-refractivity contribution is -0.122. The number of amides is 1. The highest BCUT2D eigenvalue weighted by Crippen LogP contribution is 2.09. The third-order valence-electron chi connectivity index (χ3n) is 2.75. The molecule has 110 valence electrons. The molecule has 6 nitrogen and oxygen atoms in total. The van der Waals surface area contributed by atoms with Crippen molar-refractivity contribution in [3.05, 3.63) is 30.3 Å². The summed E-state index contributed by atoms with van der Waals surface area (Å²) in [5.41, 5.74) is 0.521. The molecule has 3 N–H and O–H groups in total. The maximum absolute atomic E-state index is 11.8. The van der Waals surface area contributed by atoms with Gasteiger partial charge in [-0.3, -0.25) is 14.8 Å². The number of hydrogen-bond donors (Lipinski definition) is 3. The van der Waals surface area contributed by atoms with Crippen molar-refractivity contribution in [2.75, 3.05) is 28.6 Å². The van der Waals surface area contributed by atoms with E-state index in [2.05, 4.69) is 15.4 Å². The van der Waals surface area contributed by atoms with Gasteiger partial charge in [-0.05, 0) is 12.1 Å².